The van der Waals surface area contributed by atoms with Gasteiger partial charge in [-0.2, -0.15) is 0 Å². The van der Waals surface area contributed by atoms with Gasteiger partial charge in [-0.15, -0.1) is 0 Å². The number of ether oxygens (including phenoxy) is 1. The highest BCUT2D eigenvalue weighted by atomic mass is 16.5. The summed E-state index contributed by atoms with van der Waals surface area (Å²) in [4.78, 5) is 25.8. The Morgan fingerprint density at radius 3 is 1.96 bits per heavy atom. The summed E-state index contributed by atoms with van der Waals surface area (Å²) in [5.41, 5.74) is 3.19. The zero-order valence-electron chi connectivity index (χ0n) is 18.3. The standard InChI is InChI=1S/C23H39NO3/c1-7-16-24(17-8-2)23(26)21(6)15-11-13-19(4)12-10-14-20(5)18-22(25)27-9-3/h12,15,18H,7-11,13-14,16-17H2,1-6H3. The summed E-state index contributed by atoms with van der Waals surface area (Å²) in [6.07, 6.45) is 11.4. The van der Waals surface area contributed by atoms with Crippen molar-refractivity contribution in [1.29, 1.82) is 0 Å². The predicted octanol–water partition coefficient (Wildman–Crippen LogP) is 5.60. The number of hydrogen-bond donors (Lipinski definition) is 0. The second kappa shape index (κ2) is 15.2. The van der Waals surface area contributed by atoms with E-state index in [0.717, 1.165) is 62.8 Å². The summed E-state index contributed by atoms with van der Waals surface area (Å²) in [7, 11) is 0. The van der Waals surface area contributed by atoms with Gasteiger partial charge in [0.1, 0.15) is 0 Å². The maximum atomic E-state index is 12.5. The van der Waals surface area contributed by atoms with Crippen LogP contribution in [0.1, 0.15) is 80.1 Å². The fraction of sp³-hybridized carbons (Fsp3) is 0.652. The minimum atomic E-state index is -0.263. The lowest BCUT2D eigenvalue weighted by Crippen LogP contribution is -2.33. The van der Waals surface area contributed by atoms with Crippen LogP contribution >= 0.6 is 0 Å². The molecule has 154 valence electrons. The predicted molar refractivity (Wildman–Crippen MR) is 114 cm³/mol. The van der Waals surface area contributed by atoms with E-state index in [-0.39, 0.29) is 11.9 Å². The van der Waals surface area contributed by atoms with Crippen molar-refractivity contribution in [2.24, 2.45) is 0 Å². The molecule has 0 heterocycles. The van der Waals surface area contributed by atoms with Crippen molar-refractivity contribution in [2.45, 2.75) is 80.1 Å². The van der Waals surface area contributed by atoms with Crippen LogP contribution in [0, 0.1) is 0 Å². The fourth-order valence-corrected chi connectivity index (χ4v) is 2.81. The maximum Gasteiger partial charge on any atom is 0.330 e. The molecule has 0 atom stereocenters. The third-order valence-electron chi connectivity index (χ3n) is 4.28. The van der Waals surface area contributed by atoms with E-state index in [9.17, 15) is 9.59 Å². The minimum Gasteiger partial charge on any atom is -0.463 e. The van der Waals surface area contributed by atoms with Gasteiger partial charge in [0.05, 0.1) is 6.61 Å². The zero-order valence-corrected chi connectivity index (χ0v) is 18.3. The van der Waals surface area contributed by atoms with Gasteiger partial charge >= 0.3 is 5.97 Å². The molecule has 0 bridgehead atoms. The molecule has 4 nitrogen and oxygen atoms in total. The average molecular weight is 378 g/mol. The first-order valence-electron chi connectivity index (χ1n) is 10.3. The number of carbonyl (C=O) groups is 2. The summed E-state index contributed by atoms with van der Waals surface area (Å²) < 4.78 is 4.91. The largest absolute Gasteiger partial charge is 0.463 e. The first-order valence-corrected chi connectivity index (χ1v) is 10.3. The molecule has 0 N–H and O–H groups in total. The molecule has 0 aliphatic heterocycles. The fourth-order valence-electron chi connectivity index (χ4n) is 2.81. The molecule has 0 aromatic heterocycles. The Hall–Kier alpha value is -1.84. The number of allylic oxidation sites excluding steroid dienone is 4. The van der Waals surface area contributed by atoms with Crippen LogP contribution in [0.4, 0.5) is 0 Å². The Morgan fingerprint density at radius 2 is 1.41 bits per heavy atom. The normalized spacial score (nSPS) is 12.9. The van der Waals surface area contributed by atoms with Crippen molar-refractivity contribution in [3.8, 4) is 0 Å². The molecule has 0 rings (SSSR count). The van der Waals surface area contributed by atoms with Crippen molar-refractivity contribution >= 4 is 11.9 Å². The zero-order chi connectivity index (χ0) is 20.7. The first-order chi connectivity index (χ1) is 12.8. The van der Waals surface area contributed by atoms with Gasteiger partial charge in [-0.1, -0.05) is 37.1 Å². The number of nitrogens with zero attached hydrogens (tertiary/aromatic N) is 1. The molecule has 0 radical (unpaired) electrons. The third-order valence-corrected chi connectivity index (χ3v) is 4.28. The quantitative estimate of drug-likeness (QED) is 0.238. The Morgan fingerprint density at radius 1 is 0.852 bits per heavy atom. The van der Waals surface area contributed by atoms with Crippen molar-refractivity contribution in [2.75, 3.05) is 19.7 Å². The molecule has 0 aromatic rings. The van der Waals surface area contributed by atoms with E-state index in [1.807, 2.05) is 25.7 Å². The summed E-state index contributed by atoms with van der Waals surface area (Å²) in [5.74, 6) is -0.0961. The topological polar surface area (TPSA) is 46.6 Å². The van der Waals surface area contributed by atoms with Crippen molar-refractivity contribution in [3.05, 3.63) is 34.9 Å². The lowest BCUT2D eigenvalue weighted by molar-refractivity contribution is -0.137. The van der Waals surface area contributed by atoms with E-state index in [1.54, 1.807) is 6.08 Å². The molecule has 0 aromatic carbocycles. The van der Waals surface area contributed by atoms with Crippen LogP contribution in [0.5, 0.6) is 0 Å². The van der Waals surface area contributed by atoms with Crippen LogP contribution in [0.15, 0.2) is 34.9 Å². The Bertz CT molecular complexity index is 538. The van der Waals surface area contributed by atoms with E-state index in [2.05, 4.69) is 32.9 Å². The maximum absolute atomic E-state index is 12.5. The van der Waals surface area contributed by atoms with E-state index in [1.165, 1.54) is 5.57 Å². The number of carbonyl (C=O) groups excluding carboxylic acids is 2. The molecule has 1 amide bonds. The molecule has 0 saturated heterocycles. The smallest absolute Gasteiger partial charge is 0.330 e. The van der Waals surface area contributed by atoms with Gasteiger partial charge in [0.15, 0.2) is 0 Å². The average Bonchev–Trinajstić information content (AvgIpc) is 2.60. The van der Waals surface area contributed by atoms with Crippen LogP contribution in [0.2, 0.25) is 0 Å². The van der Waals surface area contributed by atoms with Gasteiger partial charge in [0.25, 0.3) is 0 Å². The molecule has 0 aliphatic carbocycles. The van der Waals surface area contributed by atoms with Gasteiger partial charge in [0.2, 0.25) is 5.91 Å². The lowest BCUT2D eigenvalue weighted by atomic mass is 10.1. The second-order valence-electron chi connectivity index (χ2n) is 7.05. The van der Waals surface area contributed by atoms with Crippen LogP contribution in [0.3, 0.4) is 0 Å². The highest BCUT2D eigenvalue weighted by Gasteiger charge is 2.12. The third kappa shape index (κ3) is 12.2. The number of rotatable bonds is 13. The van der Waals surface area contributed by atoms with Gasteiger partial charge in [-0.25, -0.2) is 4.79 Å². The number of amides is 1. The molecule has 0 unspecified atom stereocenters. The SMILES string of the molecule is CCCN(CCC)C(=O)C(C)=CCCC(C)=CCCC(C)=CC(=O)OCC. The second-order valence-corrected chi connectivity index (χ2v) is 7.05. The summed E-state index contributed by atoms with van der Waals surface area (Å²) in [5, 5.41) is 0. The Labute approximate surface area is 166 Å². The summed E-state index contributed by atoms with van der Waals surface area (Å²) in [6, 6.07) is 0. The molecule has 0 saturated carbocycles. The van der Waals surface area contributed by atoms with E-state index in [0.29, 0.717) is 6.61 Å². The molecule has 0 aliphatic rings. The van der Waals surface area contributed by atoms with Crippen molar-refractivity contribution < 1.29 is 14.3 Å². The summed E-state index contributed by atoms with van der Waals surface area (Å²) >= 11 is 0. The molecule has 0 fully saturated rings. The molecule has 27 heavy (non-hydrogen) atoms. The van der Waals surface area contributed by atoms with Gasteiger partial charge in [-0.05, 0) is 66.2 Å². The van der Waals surface area contributed by atoms with Crippen LogP contribution in [-0.2, 0) is 14.3 Å². The Balaban J connectivity index is 4.41. The highest BCUT2D eigenvalue weighted by molar-refractivity contribution is 5.92. The van der Waals surface area contributed by atoms with Crippen LogP contribution in [0.25, 0.3) is 0 Å². The van der Waals surface area contributed by atoms with Crippen LogP contribution < -0.4 is 0 Å². The Kier molecular flexibility index (Phi) is 14.2. The molecule has 4 heteroatoms. The number of hydrogen-bond acceptors (Lipinski definition) is 3. The minimum absolute atomic E-state index is 0.167. The number of esters is 1. The van der Waals surface area contributed by atoms with Gasteiger partial charge in [0, 0.05) is 24.7 Å². The molecular formula is C23H39NO3. The van der Waals surface area contributed by atoms with Crippen molar-refractivity contribution in [3.63, 3.8) is 0 Å². The highest BCUT2D eigenvalue weighted by Crippen LogP contribution is 2.12. The van der Waals surface area contributed by atoms with E-state index >= 15 is 0 Å². The van der Waals surface area contributed by atoms with Crippen molar-refractivity contribution in [1.82, 2.24) is 4.90 Å². The van der Waals surface area contributed by atoms with E-state index < -0.39 is 0 Å². The first kappa shape index (κ1) is 25.2. The van der Waals surface area contributed by atoms with Gasteiger partial charge < -0.3 is 9.64 Å². The van der Waals surface area contributed by atoms with Crippen LogP contribution in [-0.4, -0.2) is 36.5 Å². The summed E-state index contributed by atoms with van der Waals surface area (Å²) in [6.45, 7) is 14.1. The van der Waals surface area contributed by atoms with Gasteiger partial charge in [-0.3, -0.25) is 4.79 Å². The molecule has 0 spiro atoms. The lowest BCUT2D eigenvalue weighted by Gasteiger charge is -2.21. The van der Waals surface area contributed by atoms with E-state index in [4.69, 9.17) is 4.74 Å². The molecular weight excluding hydrogens is 338 g/mol. The monoisotopic (exact) mass is 377 g/mol.